The van der Waals surface area contributed by atoms with E-state index in [0.717, 1.165) is 16.7 Å². The minimum Gasteiger partial charge on any atom is -0.378 e. The zero-order valence-corrected chi connectivity index (χ0v) is 13.0. The second-order valence-electron chi connectivity index (χ2n) is 3.95. The minimum absolute atomic E-state index is 0.615. The molecule has 1 heterocycles. The van der Waals surface area contributed by atoms with Gasteiger partial charge in [-0.05, 0) is 30.7 Å². The maximum atomic E-state index is 6.15. The summed E-state index contributed by atoms with van der Waals surface area (Å²) in [6.07, 6.45) is 4.16. The van der Waals surface area contributed by atoms with E-state index < -0.39 is 0 Å². The lowest BCUT2D eigenvalue weighted by Gasteiger charge is -2.10. The van der Waals surface area contributed by atoms with Gasteiger partial charge in [0.2, 0.25) is 0 Å². The largest absolute Gasteiger partial charge is 0.378 e. The number of rotatable bonds is 4. The fraction of sp³-hybridized carbons (Fsp3) is 0.231. The molecule has 0 spiro atoms. The van der Waals surface area contributed by atoms with Crippen molar-refractivity contribution in [2.24, 2.45) is 0 Å². The quantitative estimate of drug-likeness (QED) is 0.805. The van der Waals surface area contributed by atoms with Crippen LogP contribution in [0.1, 0.15) is 12.5 Å². The molecule has 2 aromatic rings. The maximum absolute atomic E-state index is 6.15. The SMILES string of the molecule is CCn1ccc(CNc2c(Cl)cc(Br)cc2Cl)c1. The standard InChI is InChI=1S/C13H13BrCl2N2/c1-2-18-4-3-9(8-18)7-17-13-11(15)5-10(14)6-12(13)16/h3-6,8,17H,2,7H2,1H3. The summed E-state index contributed by atoms with van der Waals surface area (Å²) in [6.45, 7) is 3.79. The number of halogens is 3. The highest BCUT2D eigenvalue weighted by atomic mass is 79.9. The first kappa shape index (κ1) is 13.8. The molecule has 1 N–H and O–H groups in total. The molecule has 18 heavy (non-hydrogen) atoms. The van der Waals surface area contributed by atoms with Gasteiger partial charge in [-0.25, -0.2) is 0 Å². The van der Waals surface area contributed by atoms with Gasteiger partial charge in [0.25, 0.3) is 0 Å². The Morgan fingerprint density at radius 1 is 1.28 bits per heavy atom. The highest BCUT2D eigenvalue weighted by Crippen LogP contribution is 2.34. The van der Waals surface area contributed by atoms with Crippen molar-refractivity contribution in [3.8, 4) is 0 Å². The number of aromatic nitrogens is 1. The predicted molar refractivity (Wildman–Crippen MR) is 81.6 cm³/mol. The third-order valence-electron chi connectivity index (χ3n) is 2.65. The number of nitrogens with one attached hydrogen (secondary N) is 1. The molecular formula is C13H13BrCl2N2. The van der Waals surface area contributed by atoms with Crippen molar-refractivity contribution in [1.29, 1.82) is 0 Å². The number of aryl methyl sites for hydroxylation is 1. The van der Waals surface area contributed by atoms with Crippen molar-refractivity contribution in [2.45, 2.75) is 20.0 Å². The summed E-state index contributed by atoms with van der Waals surface area (Å²) in [4.78, 5) is 0. The lowest BCUT2D eigenvalue weighted by molar-refractivity contribution is 0.766. The first-order chi connectivity index (χ1) is 8.60. The van der Waals surface area contributed by atoms with Gasteiger partial charge in [-0.15, -0.1) is 0 Å². The lowest BCUT2D eigenvalue weighted by Crippen LogP contribution is -2.00. The monoisotopic (exact) mass is 346 g/mol. The first-order valence-corrected chi connectivity index (χ1v) is 7.18. The second-order valence-corrected chi connectivity index (χ2v) is 5.68. The summed E-state index contributed by atoms with van der Waals surface area (Å²) in [5.74, 6) is 0. The third kappa shape index (κ3) is 3.22. The number of hydrogen-bond donors (Lipinski definition) is 1. The third-order valence-corrected chi connectivity index (χ3v) is 3.71. The summed E-state index contributed by atoms with van der Waals surface area (Å²) >= 11 is 15.7. The Labute approximate surface area is 125 Å². The van der Waals surface area contributed by atoms with Crippen molar-refractivity contribution in [3.63, 3.8) is 0 Å². The molecule has 0 aliphatic rings. The molecule has 0 aliphatic heterocycles. The number of hydrogen-bond acceptors (Lipinski definition) is 1. The van der Waals surface area contributed by atoms with Crippen LogP contribution >= 0.6 is 39.1 Å². The fourth-order valence-corrected chi connectivity index (χ4v) is 3.04. The molecule has 96 valence electrons. The molecule has 0 radical (unpaired) electrons. The van der Waals surface area contributed by atoms with Crippen molar-refractivity contribution in [3.05, 3.63) is 50.7 Å². The molecule has 2 nitrogen and oxygen atoms in total. The van der Waals surface area contributed by atoms with Gasteiger partial charge in [-0.2, -0.15) is 0 Å². The Morgan fingerprint density at radius 3 is 2.50 bits per heavy atom. The summed E-state index contributed by atoms with van der Waals surface area (Å²) in [7, 11) is 0. The highest BCUT2D eigenvalue weighted by molar-refractivity contribution is 9.10. The maximum Gasteiger partial charge on any atom is 0.0722 e. The number of anilines is 1. The van der Waals surface area contributed by atoms with E-state index in [1.165, 1.54) is 5.56 Å². The van der Waals surface area contributed by atoms with E-state index in [-0.39, 0.29) is 0 Å². The Bertz CT molecular complexity index is 529. The Kier molecular flexibility index (Phi) is 4.60. The molecule has 0 atom stereocenters. The topological polar surface area (TPSA) is 17.0 Å². The van der Waals surface area contributed by atoms with E-state index >= 15 is 0 Å². The van der Waals surface area contributed by atoms with Gasteiger partial charge in [0.05, 0.1) is 15.7 Å². The normalized spacial score (nSPS) is 10.7. The summed E-state index contributed by atoms with van der Waals surface area (Å²) in [5.41, 5.74) is 1.97. The Hall–Kier alpha value is -0.640. The first-order valence-electron chi connectivity index (χ1n) is 5.63. The average Bonchev–Trinajstić information content (AvgIpc) is 2.75. The number of benzene rings is 1. The van der Waals surface area contributed by atoms with Crippen LogP contribution in [0.25, 0.3) is 0 Å². The van der Waals surface area contributed by atoms with E-state index in [0.29, 0.717) is 16.6 Å². The smallest absolute Gasteiger partial charge is 0.0722 e. The Morgan fingerprint density at radius 2 is 1.94 bits per heavy atom. The summed E-state index contributed by atoms with van der Waals surface area (Å²) < 4.78 is 3.00. The molecule has 0 amide bonds. The van der Waals surface area contributed by atoms with E-state index in [1.54, 1.807) is 0 Å². The molecule has 0 fully saturated rings. The van der Waals surface area contributed by atoms with Crippen LogP contribution in [0.4, 0.5) is 5.69 Å². The molecule has 0 unspecified atom stereocenters. The van der Waals surface area contributed by atoms with Crippen LogP contribution < -0.4 is 5.32 Å². The fourth-order valence-electron chi connectivity index (χ4n) is 1.69. The van der Waals surface area contributed by atoms with Crippen molar-refractivity contribution < 1.29 is 0 Å². The predicted octanol–water partition coefficient (Wildman–Crippen LogP) is 5.19. The zero-order chi connectivity index (χ0) is 13.1. The van der Waals surface area contributed by atoms with Crippen LogP contribution in [0, 0.1) is 0 Å². The Balaban J connectivity index is 2.10. The average molecular weight is 348 g/mol. The molecule has 0 aliphatic carbocycles. The van der Waals surface area contributed by atoms with Gasteiger partial charge in [-0.3, -0.25) is 0 Å². The minimum atomic E-state index is 0.615. The van der Waals surface area contributed by atoms with Crippen LogP contribution in [0.2, 0.25) is 10.0 Å². The number of nitrogens with zero attached hydrogens (tertiary/aromatic N) is 1. The molecule has 1 aromatic carbocycles. The van der Waals surface area contributed by atoms with Crippen LogP contribution in [-0.2, 0) is 13.1 Å². The van der Waals surface area contributed by atoms with E-state index in [4.69, 9.17) is 23.2 Å². The van der Waals surface area contributed by atoms with Gasteiger partial charge >= 0.3 is 0 Å². The van der Waals surface area contributed by atoms with Gasteiger partial charge in [0, 0.05) is 30.0 Å². The van der Waals surface area contributed by atoms with Crippen molar-refractivity contribution in [1.82, 2.24) is 4.57 Å². The van der Waals surface area contributed by atoms with Gasteiger partial charge in [0.15, 0.2) is 0 Å². The van der Waals surface area contributed by atoms with Gasteiger partial charge < -0.3 is 9.88 Å². The van der Waals surface area contributed by atoms with E-state index in [2.05, 4.69) is 51.2 Å². The molecule has 0 bridgehead atoms. The summed E-state index contributed by atoms with van der Waals surface area (Å²) in [5, 5.41) is 4.49. The van der Waals surface area contributed by atoms with E-state index in [9.17, 15) is 0 Å². The highest BCUT2D eigenvalue weighted by Gasteiger charge is 2.07. The molecular weight excluding hydrogens is 335 g/mol. The second kappa shape index (κ2) is 6.00. The molecule has 5 heteroatoms. The van der Waals surface area contributed by atoms with Crippen LogP contribution in [0.5, 0.6) is 0 Å². The van der Waals surface area contributed by atoms with Gasteiger partial charge in [0.1, 0.15) is 0 Å². The molecule has 2 rings (SSSR count). The molecule has 0 saturated heterocycles. The van der Waals surface area contributed by atoms with Crippen molar-refractivity contribution in [2.75, 3.05) is 5.32 Å². The molecule has 1 aromatic heterocycles. The zero-order valence-electron chi connectivity index (χ0n) is 9.88. The van der Waals surface area contributed by atoms with Crippen molar-refractivity contribution >= 4 is 44.8 Å². The van der Waals surface area contributed by atoms with Gasteiger partial charge in [-0.1, -0.05) is 39.1 Å². The summed E-state index contributed by atoms with van der Waals surface area (Å²) in [6, 6.07) is 5.73. The van der Waals surface area contributed by atoms with Crippen LogP contribution in [0.3, 0.4) is 0 Å². The van der Waals surface area contributed by atoms with E-state index in [1.807, 2.05) is 12.1 Å². The lowest BCUT2D eigenvalue weighted by atomic mass is 10.3. The van der Waals surface area contributed by atoms with Crippen LogP contribution in [-0.4, -0.2) is 4.57 Å². The molecule has 0 saturated carbocycles. The van der Waals surface area contributed by atoms with Crippen LogP contribution in [0.15, 0.2) is 35.1 Å².